The van der Waals surface area contributed by atoms with Gasteiger partial charge in [0.1, 0.15) is 5.75 Å². The van der Waals surface area contributed by atoms with Crippen molar-refractivity contribution in [1.82, 2.24) is 4.98 Å². The molecule has 23 heavy (non-hydrogen) atoms. The van der Waals surface area contributed by atoms with Crippen LogP contribution in [0.1, 0.15) is 0 Å². The highest BCUT2D eigenvalue weighted by Gasteiger charge is 2.18. The molecule has 3 aromatic rings. The SMILES string of the molecule is CN(C(=O)Oc1cccc2ccccc12)c1ncc(Cl)cc1Br. The zero-order chi connectivity index (χ0) is 16.4. The maximum atomic E-state index is 12.4. The number of anilines is 1. The minimum atomic E-state index is -0.531. The van der Waals surface area contributed by atoms with E-state index >= 15 is 0 Å². The first-order chi connectivity index (χ1) is 11.1. The fourth-order valence-corrected chi connectivity index (χ4v) is 3.09. The molecule has 0 aliphatic carbocycles. The number of benzene rings is 2. The molecule has 4 nitrogen and oxygen atoms in total. The van der Waals surface area contributed by atoms with Crippen LogP contribution in [0.15, 0.2) is 59.2 Å². The molecule has 1 heterocycles. The van der Waals surface area contributed by atoms with Gasteiger partial charge in [-0.25, -0.2) is 9.78 Å². The van der Waals surface area contributed by atoms with Crippen molar-refractivity contribution in [3.05, 3.63) is 64.2 Å². The van der Waals surface area contributed by atoms with Crippen molar-refractivity contribution < 1.29 is 9.53 Å². The van der Waals surface area contributed by atoms with Crippen LogP contribution in [0.3, 0.4) is 0 Å². The van der Waals surface area contributed by atoms with E-state index in [9.17, 15) is 4.79 Å². The summed E-state index contributed by atoms with van der Waals surface area (Å²) in [6.07, 6.45) is 0.945. The van der Waals surface area contributed by atoms with Crippen molar-refractivity contribution in [1.29, 1.82) is 0 Å². The second kappa shape index (κ2) is 6.56. The van der Waals surface area contributed by atoms with Crippen LogP contribution in [0.25, 0.3) is 10.8 Å². The zero-order valence-electron chi connectivity index (χ0n) is 12.2. The summed E-state index contributed by atoms with van der Waals surface area (Å²) in [6.45, 7) is 0. The second-order valence-electron chi connectivity index (χ2n) is 4.86. The van der Waals surface area contributed by atoms with Gasteiger partial charge in [-0.2, -0.15) is 0 Å². The van der Waals surface area contributed by atoms with Gasteiger partial charge in [-0.05, 0) is 33.4 Å². The zero-order valence-corrected chi connectivity index (χ0v) is 14.5. The lowest BCUT2D eigenvalue weighted by Gasteiger charge is -2.18. The standard InChI is InChI=1S/C17H12BrClN2O2/c1-21(16-14(18)9-12(19)10-20-16)17(22)23-15-8-4-6-11-5-2-3-7-13(11)15/h2-10H,1H3. The first-order valence-corrected chi connectivity index (χ1v) is 7.97. The molecule has 0 spiro atoms. The Morgan fingerprint density at radius 1 is 1.22 bits per heavy atom. The molecule has 0 bridgehead atoms. The topological polar surface area (TPSA) is 42.4 Å². The highest BCUT2D eigenvalue weighted by atomic mass is 79.9. The summed E-state index contributed by atoms with van der Waals surface area (Å²) in [5.41, 5.74) is 0. The third kappa shape index (κ3) is 3.30. The smallest absolute Gasteiger partial charge is 0.409 e. The minimum absolute atomic E-state index is 0.430. The van der Waals surface area contributed by atoms with Crippen LogP contribution in [0, 0.1) is 0 Å². The number of carbonyl (C=O) groups excluding carboxylic acids is 1. The molecule has 1 aromatic heterocycles. The minimum Gasteiger partial charge on any atom is -0.409 e. The fourth-order valence-electron chi connectivity index (χ4n) is 2.19. The molecule has 0 saturated carbocycles. The van der Waals surface area contributed by atoms with Crippen LogP contribution in [-0.4, -0.2) is 18.1 Å². The van der Waals surface area contributed by atoms with Crippen LogP contribution < -0.4 is 9.64 Å². The summed E-state index contributed by atoms with van der Waals surface area (Å²) in [7, 11) is 1.59. The van der Waals surface area contributed by atoms with Crippen LogP contribution in [0.5, 0.6) is 5.75 Å². The maximum Gasteiger partial charge on any atom is 0.420 e. The summed E-state index contributed by atoms with van der Waals surface area (Å²) in [6, 6.07) is 15.0. The Morgan fingerprint density at radius 3 is 2.74 bits per heavy atom. The number of halogens is 2. The van der Waals surface area contributed by atoms with Crippen molar-refractivity contribution in [2.24, 2.45) is 0 Å². The lowest BCUT2D eigenvalue weighted by molar-refractivity contribution is 0.209. The predicted octanol–water partition coefficient (Wildman–Crippen LogP) is 5.29. The van der Waals surface area contributed by atoms with Gasteiger partial charge in [0.2, 0.25) is 0 Å². The monoisotopic (exact) mass is 390 g/mol. The van der Waals surface area contributed by atoms with Crippen molar-refractivity contribution in [3.8, 4) is 5.75 Å². The highest BCUT2D eigenvalue weighted by Crippen LogP contribution is 2.28. The molecule has 3 rings (SSSR count). The van der Waals surface area contributed by atoms with Crippen LogP contribution >= 0.6 is 27.5 Å². The van der Waals surface area contributed by atoms with Crippen molar-refractivity contribution >= 4 is 50.2 Å². The molecule has 0 N–H and O–H groups in total. The Bertz CT molecular complexity index is 880. The Balaban J connectivity index is 1.88. The number of hydrogen-bond acceptors (Lipinski definition) is 3. The third-order valence-electron chi connectivity index (χ3n) is 3.33. The predicted molar refractivity (Wildman–Crippen MR) is 95.3 cm³/mol. The number of ether oxygens (including phenoxy) is 1. The average molecular weight is 392 g/mol. The van der Waals surface area contributed by atoms with Gasteiger partial charge in [-0.15, -0.1) is 0 Å². The Labute approximate surface area is 146 Å². The van der Waals surface area contributed by atoms with Gasteiger partial charge >= 0.3 is 6.09 Å². The Morgan fingerprint density at radius 2 is 1.96 bits per heavy atom. The van der Waals surface area contributed by atoms with E-state index in [0.717, 1.165) is 10.8 Å². The molecule has 6 heteroatoms. The molecule has 0 fully saturated rings. The van der Waals surface area contributed by atoms with Crippen LogP contribution in [-0.2, 0) is 0 Å². The van der Waals surface area contributed by atoms with Crippen LogP contribution in [0.4, 0.5) is 10.6 Å². The van der Waals surface area contributed by atoms with E-state index in [1.54, 1.807) is 19.2 Å². The molecule has 0 unspecified atom stereocenters. The number of nitrogens with zero attached hydrogens (tertiary/aromatic N) is 2. The van der Waals surface area contributed by atoms with Crippen molar-refractivity contribution in [3.63, 3.8) is 0 Å². The molecule has 0 aliphatic rings. The molecule has 1 amide bonds. The molecule has 2 aromatic carbocycles. The van der Waals surface area contributed by atoms with Gasteiger partial charge in [0, 0.05) is 18.6 Å². The first-order valence-electron chi connectivity index (χ1n) is 6.80. The number of hydrogen-bond donors (Lipinski definition) is 0. The number of aromatic nitrogens is 1. The van der Waals surface area contributed by atoms with Gasteiger partial charge in [-0.3, -0.25) is 4.90 Å². The van der Waals surface area contributed by atoms with Gasteiger partial charge < -0.3 is 4.74 Å². The van der Waals surface area contributed by atoms with Crippen LogP contribution in [0.2, 0.25) is 5.02 Å². The van der Waals surface area contributed by atoms with E-state index in [-0.39, 0.29) is 0 Å². The van der Waals surface area contributed by atoms with E-state index in [1.165, 1.54) is 11.1 Å². The number of pyridine rings is 1. The van der Waals surface area contributed by atoms with E-state index < -0.39 is 6.09 Å². The van der Waals surface area contributed by atoms with E-state index in [1.807, 2.05) is 36.4 Å². The van der Waals surface area contributed by atoms with Crippen molar-refractivity contribution in [2.75, 3.05) is 11.9 Å². The molecule has 0 aliphatic heterocycles. The average Bonchev–Trinajstić information content (AvgIpc) is 2.54. The Kier molecular flexibility index (Phi) is 4.50. The number of amides is 1. The summed E-state index contributed by atoms with van der Waals surface area (Å²) in [5, 5.41) is 2.36. The number of rotatable bonds is 2. The third-order valence-corrected chi connectivity index (χ3v) is 4.12. The van der Waals surface area contributed by atoms with Gasteiger partial charge in [0.25, 0.3) is 0 Å². The summed E-state index contributed by atoms with van der Waals surface area (Å²) < 4.78 is 6.14. The lowest BCUT2D eigenvalue weighted by atomic mass is 10.1. The first kappa shape index (κ1) is 15.8. The van der Waals surface area contributed by atoms with Gasteiger partial charge in [0.05, 0.1) is 9.50 Å². The molecule has 0 atom stereocenters. The molecule has 116 valence electrons. The summed E-state index contributed by atoms with van der Waals surface area (Å²) >= 11 is 9.21. The Hall–Kier alpha value is -2.11. The maximum absolute atomic E-state index is 12.4. The second-order valence-corrected chi connectivity index (χ2v) is 6.15. The summed E-state index contributed by atoms with van der Waals surface area (Å²) in [5.74, 6) is 0.935. The fraction of sp³-hybridized carbons (Fsp3) is 0.0588. The van der Waals surface area contributed by atoms with E-state index in [4.69, 9.17) is 16.3 Å². The quantitative estimate of drug-likeness (QED) is 0.596. The van der Waals surface area contributed by atoms with Crippen molar-refractivity contribution in [2.45, 2.75) is 0 Å². The summed E-state index contributed by atoms with van der Waals surface area (Å²) in [4.78, 5) is 17.9. The molecule has 0 radical (unpaired) electrons. The van der Waals surface area contributed by atoms with E-state index in [2.05, 4.69) is 20.9 Å². The number of carbonyl (C=O) groups is 1. The normalized spacial score (nSPS) is 10.6. The largest absolute Gasteiger partial charge is 0.420 e. The molecular weight excluding hydrogens is 380 g/mol. The molecular formula is C17H12BrClN2O2. The van der Waals surface area contributed by atoms with E-state index in [0.29, 0.717) is 21.1 Å². The number of fused-ring (bicyclic) bond motifs is 1. The van der Waals surface area contributed by atoms with Gasteiger partial charge in [0.15, 0.2) is 5.82 Å². The van der Waals surface area contributed by atoms with Gasteiger partial charge in [-0.1, -0.05) is 48.0 Å². The highest BCUT2D eigenvalue weighted by molar-refractivity contribution is 9.10. The lowest BCUT2D eigenvalue weighted by Crippen LogP contribution is -2.30. The molecule has 0 saturated heterocycles.